The Hall–Kier alpha value is -4.06. The number of carbonyl (C=O) groups is 3. The smallest absolute Gasteiger partial charge is 0.359 e. The van der Waals surface area contributed by atoms with Crippen molar-refractivity contribution in [2.75, 3.05) is 6.61 Å². The molecule has 0 spiro atoms. The molecule has 0 aromatic heterocycles. The second kappa shape index (κ2) is 9.83. The first kappa shape index (κ1) is 23.1. The summed E-state index contributed by atoms with van der Waals surface area (Å²) >= 11 is 1.12. The maximum absolute atomic E-state index is 12.7. The maximum atomic E-state index is 12.7. The number of aliphatic hydroxyl groups is 1. The lowest BCUT2D eigenvalue weighted by atomic mass is 10.1. The molecule has 176 valence electrons. The number of non-ortho nitro benzene ring substituents is 1. The number of benzene rings is 2. The lowest BCUT2D eigenvalue weighted by molar-refractivity contribution is -0.384. The summed E-state index contributed by atoms with van der Waals surface area (Å²) in [5, 5.41) is 22.6. The minimum atomic E-state index is -0.969. The van der Waals surface area contributed by atoms with Crippen molar-refractivity contribution in [1.29, 1.82) is 0 Å². The van der Waals surface area contributed by atoms with Gasteiger partial charge in [-0.15, -0.1) is 11.8 Å². The summed E-state index contributed by atoms with van der Waals surface area (Å²) < 4.78 is 10.6. The fourth-order valence-corrected chi connectivity index (χ4v) is 4.66. The van der Waals surface area contributed by atoms with Gasteiger partial charge in [0.15, 0.2) is 18.1 Å². The van der Waals surface area contributed by atoms with Gasteiger partial charge < -0.3 is 19.9 Å². The number of carbonyl (C=O) groups excluding carboxylic acids is 3. The average molecular weight is 485 g/mol. The number of nitro benzene ring substituents is 1. The number of ether oxygens (including phenoxy) is 2. The zero-order valence-corrected chi connectivity index (χ0v) is 18.4. The van der Waals surface area contributed by atoms with Gasteiger partial charge in [0, 0.05) is 12.1 Å². The molecule has 2 atom stereocenters. The molecule has 2 amide bonds. The van der Waals surface area contributed by atoms with Gasteiger partial charge in [-0.05, 0) is 29.8 Å². The van der Waals surface area contributed by atoms with E-state index in [1.165, 1.54) is 24.3 Å². The monoisotopic (exact) mass is 485 g/mol. The Labute approximate surface area is 197 Å². The van der Waals surface area contributed by atoms with E-state index < -0.39 is 33.3 Å². The van der Waals surface area contributed by atoms with Gasteiger partial charge in [-0.25, -0.2) is 4.79 Å². The third kappa shape index (κ3) is 4.96. The Bertz CT molecular complexity index is 1150. The normalized spacial score (nSPS) is 19.1. The van der Waals surface area contributed by atoms with E-state index in [9.17, 15) is 29.6 Å². The number of esters is 1. The Morgan fingerprint density at radius 3 is 2.53 bits per heavy atom. The predicted octanol–water partition coefficient (Wildman–Crippen LogP) is 2.23. The minimum absolute atomic E-state index is 0.108. The lowest BCUT2D eigenvalue weighted by Crippen LogP contribution is -2.57. The summed E-state index contributed by atoms with van der Waals surface area (Å²) in [6, 6.07) is 14.1. The Morgan fingerprint density at radius 1 is 1.18 bits per heavy atom. The van der Waals surface area contributed by atoms with E-state index in [1.807, 2.05) is 6.07 Å². The van der Waals surface area contributed by atoms with Crippen LogP contribution in [0.3, 0.4) is 0 Å². The van der Waals surface area contributed by atoms with E-state index in [1.54, 1.807) is 24.3 Å². The number of para-hydroxylation sites is 1. The van der Waals surface area contributed by atoms with Crippen LogP contribution in [0.5, 0.6) is 5.75 Å². The first-order valence-corrected chi connectivity index (χ1v) is 11.1. The molecule has 0 aliphatic carbocycles. The Balaban J connectivity index is 1.42. The van der Waals surface area contributed by atoms with Crippen molar-refractivity contribution in [3.8, 4) is 5.75 Å². The van der Waals surface area contributed by atoms with Crippen molar-refractivity contribution in [3.63, 3.8) is 0 Å². The number of hydrogen-bond acceptors (Lipinski definition) is 9. The molecule has 0 radical (unpaired) electrons. The number of amides is 2. The van der Waals surface area contributed by atoms with Gasteiger partial charge in [-0.2, -0.15) is 0 Å². The quantitative estimate of drug-likeness (QED) is 0.248. The van der Waals surface area contributed by atoms with Gasteiger partial charge >= 0.3 is 5.97 Å². The molecule has 2 aliphatic heterocycles. The molecule has 0 bridgehead atoms. The fourth-order valence-electron chi connectivity index (χ4n) is 3.32. The fraction of sp³-hybridized carbons (Fsp3) is 0.227. The standard InChI is InChI=1S/C22H19N3O8S/c26-16(12-32-15-4-2-1-3-5-15)23-21-20(28)19(24-17(27)10-18(24)34-21)22(29)33-11-13-6-8-14(9-7-13)25(30)31/h1-9,18,21,28H,10-12H2,(H,23,26)/t18-,21?/m1/s1. The Morgan fingerprint density at radius 2 is 1.88 bits per heavy atom. The molecule has 2 heterocycles. The molecule has 11 nitrogen and oxygen atoms in total. The number of rotatable bonds is 8. The van der Waals surface area contributed by atoms with Crippen LogP contribution in [0.15, 0.2) is 66.1 Å². The zero-order chi connectivity index (χ0) is 24.2. The molecule has 34 heavy (non-hydrogen) atoms. The number of aliphatic hydroxyl groups excluding tert-OH is 1. The zero-order valence-electron chi connectivity index (χ0n) is 17.6. The summed E-state index contributed by atoms with van der Waals surface area (Å²) in [4.78, 5) is 48.5. The first-order chi connectivity index (χ1) is 16.3. The molecule has 4 rings (SSSR count). The molecule has 1 unspecified atom stereocenters. The predicted molar refractivity (Wildman–Crippen MR) is 119 cm³/mol. The van der Waals surface area contributed by atoms with Gasteiger partial charge in [0.1, 0.15) is 17.7 Å². The van der Waals surface area contributed by atoms with Crippen molar-refractivity contribution < 1.29 is 33.9 Å². The van der Waals surface area contributed by atoms with E-state index in [4.69, 9.17) is 9.47 Å². The van der Waals surface area contributed by atoms with Gasteiger partial charge in [0.05, 0.1) is 16.7 Å². The van der Waals surface area contributed by atoms with E-state index in [0.29, 0.717) is 11.3 Å². The number of fused-ring (bicyclic) bond motifs is 1. The van der Waals surface area contributed by atoms with Crippen LogP contribution in [0, 0.1) is 10.1 Å². The molecule has 0 saturated carbocycles. The first-order valence-electron chi connectivity index (χ1n) is 10.1. The number of nitro groups is 1. The van der Waals surface area contributed by atoms with Crippen LogP contribution in [0.25, 0.3) is 0 Å². The van der Waals surface area contributed by atoms with Crippen molar-refractivity contribution in [2.24, 2.45) is 0 Å². The van der Waals surface area contributed by atoms with Crippen molar-refractivity contribution >= 4 is 35.2 Å². The van der Waals surface area contributed by atoms with Crippen molar-refractivity contribution in [3.05, 3.63) is 81.7 Å². The van der Waals surface area contributed by atoms with Gasteiger partial charge in [-0.1, -0.05) is 18.2 Å². The van der Waals surface area contributed by atoms with Crippen molar-refractivity contribution in [2.45, 2.75) is 23.8 Å². The number of thioether (sulfide) groups is 1. The summed E-state index contributed by atoms with van der Waals surface area (Å²) in [5.74, 6) is -1.83. The third-order valence-electron chi connectivity index (χ3n) is 5.05. The molecular formula is C22H19N3O8S. The minimum Gasteiger partial charge on any atom is -0.507 e. The molecule has 2 aromatic rings. The van der Waals surface area contributed by atoms with Crippen LogP contribution in [0.2, 0.25) is 0 Å². The number of nitrogens with zero attached hydrogens (tertiary/aromatic N) is 2. The number of hydrogen-bond donors (Lipinski definition) is 2. The molecule has 2 aromatic carbocycles. The summed E-state index contributed by atoms with van der Waals surface area (Å²) in [5.41, 5.74) is 0.0402. The van der Waals surface area contributed by atoms with Crippen LogP contribution in [0.1, 0.15) is 12.0 Å². The second-order valence-electron chi connectivity index (χ2n) is 7.34. The summed E-state index contributed by atoms with van der Waals surface area (Å²) in [6.07, 6.45) is 0.143. The lowest BCUT2D eigenvalue weighted by Gasteiger charge is -2.45. The molecule has 1 fully saturated rings. The number of β-lactam (4-membered cyclic amide) rings is 1. The van der Waals surface area contributed by atoms with Crippen LogP contribution in [-0.2, 0) is 25.7 Å². The van der Waals surface area contributed by atoms with Gasteiger partial charge in [-0.3, -0.25) is 24.6 Å². The molecule has 12 heteroatoms. The van der Waals surface area contributed by atoms with E-state index >= 15 is 0 Å². The molecule has 1 saturated heterocycles. The average Bonchev–Trinajstić information content (AvgIpc) is 2.83. The van der Waals surface area contributed by atoms with Crippen molar-refractivity contribution in [1.82, 2.24) is 10.2 Å². The van der Waals surface area contributed by atoms with Crippen LogP contribution >= 0.6 is 11.8 Å². The van der Waals surface area contributed by atoms with Crippen LogP contribution in [0.4, 0.5) is 5.69 Å². The molecule has 2 aliphatic rings. The topological polar surface area (TPSA) is 148 Å². The van der Waals surface area contributed by atoms with Gasteiger partial charge in [0.25, 0.3) is 11.6 Å². The van der Waals surface area contributed by atoms with E-state index in [0.717, 1.165) is 16.7 Å². The van der Waals surface area contributed by atoms with Crippen LogP contribution < -0.4 is 10.1 Å². The number of nitrogens with one attached hydrogen (secondary N) is 1. The highest BCUT2D eigenvalue weighted by Gasteiger charge is 2.49. The molecular weight excluding hydrogens is 466 g/mol. The highest BCUT2D eigenvalue weighted by Crippen LogP contribution is 2.42. The summed E-state index contributed by atoms with van der Waals surface area (Å²) in [7, 11) is 0. The second-order valence-corrected chi connectivity index (χ2v) is 8.63. The third-order valence-corrected chi connectivity index (χ3v) is 6.35. The summed E-state index contributed by atoms with van der Waals surface area (Å²) in [6.45, 7) is -0.531. The highest BCUT2D eigenvalue weighted by molar-refractivity contribution is 8.00. The largest absolute Gasteiger partial charge is 0.507 e. The highest BCUT2D eigenvalue weighted by atomic mass is 32.2. The Kier molecular flexibility index (Phi) is 6.68. The van der Waals surface area contributed by atoms with Gasteiger partial charge in [0.2, 0.25) is 5.91 Å². The maximum Gasteiger partial charge on any atom is 0.359 e. The SMILES string of the molecule is O=C(COc1ccccc1)NC1S[C@@H]2CC(=O)N2C(C(=O)OCc2ccc([N+](=O)[O-])cc2)=C1O. The molecule has 2 N–H and O–H groups in total. The van der Waals surface area contributed by atoms with E-state index in [-0.39, 0.29) is 36.9 Å². The van der Waals surface area contributed by atoms with Crippen LogP contribution in [-0.4, -0.2) is 50.1 Å². The van der Waals surface area contributed by atoms with E-state index in [2.05, 4.69) is 5.32 Å².